The Bertz CT molecular complexity index is 756. The third kappa shape index (κ3) is 2.71. The van der Waals surface area contributed by atoms with E-state index in [2.05, 4.69) is 10.5 Å². The van der Waals surface area contributed by atoms with Crippen molar-refractivity contribution in [3.63, 3.8) is 0 Å². The van der Waals surface area contributed by atoms with Gasteiger partial charge in [-0.25, -0.2) is 4.79 Å². The van der Waals surface area contributed by atoms with E-state index in [-0.39, 0.29) is 11.6 Å². The summed E-state index contributed by atoms with van der Waals surface area (Å²) < 4.78 is 12.3. The molecule has 7 heteroatoms. The van der Waals surface area contributed by atoms with Crippen LogP contribution >= 0.6 is 11.6 Å². The average molecular weight is 336 g/mol. The van der Waals surface area contributed by atoms with E-state index >= 15 is 0 Å². The number of aromatic nitrogens is 2. The van der Waals surface area contributed by atoms with Crippen molar-refractivity contribution in [2.24, 2.45) is 0 Å². The van der Waals surface area contributed by atoms with E-state index < -0.39 is 5.76 Å². The van der Waals surface area contributed by atoms with Gasteiger partial charge in [0.15, 0.2) is 5.82 Å². The minimum atomic E-state index is -0.493. The molecule has 1 unspecified atom stereocenters. The summed E-state index contributed by atoms with van der Waals surface area (Å²) in [7, 11) is 0. The van der Waals surface area contributed by atoms with Crippen LogP contribution in [-0.2, 0) is 11.3 Å². The summed E-state index contributed by atoms with van der Waals surface area (Å²) in [4.78, 5) is 12.0. The molecule has 2 aromatic rings. The molecule has 1 saturated carbocycles. The highest BCUT2D eigenvalue weighted by Crippen LogP contribution is 2.34. The van der Waals surface area contributed by atoms with Gasteiger partial charge in [0.1, 0.15) is 0 Å². The lowest BCUT2D eigenvalue weighted by Gasteiger charge is -2.47. The zero-order valence-corrected chi connectivity index (χ0v) is 13.4. The van der Waals surface area contributed by atoms with Crippen molar-refractivity contribution >= 4 is 11.6 Å². The highest BCUT2D eigenvalue weighted by Gasteiger charge is 2.40. The summed E-state index contributed by atoms with van der Waals surface area (Å²) in [6, 6.07) is 7.27. The zero-order valence-electron chi connectivity index (χ0n) is 12.6. The molecule has 2 fully saturated rings. The molecule has 1 N–H and O–H groups in total. The minimum absolute atomic E-state index is 0.0837. The van der Waals surface area contributed by atoms with Crippen LogP contribution in [0.25, 0.3) is 11.4 Å². The Labute approximate surface area is 138 Å². The third-order valence-corrected chi connectivity index (χ3v) is 5.13. The Morgan fingerprint density at radius 2 is 2.22 bits per heavy atom. The molecule has 2 aliphatic rings. The summed E-state index contributed by atoms with van der Waals surface area (Å²) in [6.07, 6.45) is 3.50. The van der Waals surface area contributed by atoms with Gasteiger partial charge < -0.3 is 10.1 Å². The number of nitrogens with one attached hydrogen (secondary N) is 1. The summed E-state index contributed by atoms with van der Waals surface area (Å²) in [5.74, 6) is -0.0550. The molecule has 1 aromatic heterocycles. The van der Waals surface area contributed by atoms with Crippen LogP contribution in [0.4, 0.5) is 0 Å². The number of halogens is 1. The van der Waals surface area contributed by atoms with Crippen LogP contribution in [0.1, 0.15) is 19.3 Å². The normalized spacial score (nSPS) is 22.9. The summed E-state index contributed by atoms with van der Waals surface area (Å²) in [5.41, 5.74) is 0.848. The van der Waals surface area contributed by atoms with Gasteiger partial charge in [0.05, 0.1) is 24.3 Å². The number of hydrogen-bond acceptors (Lipinski definition) is 5. The Hall–Kier alpha value is -1.63. The molecule has 23 heavy (non-hydrogen) atoms. The van der Waals surface area contributed by atoms with Crippen molar-refractivity contribution in [2.45, 2.75) is 37.5 Å². The SMILES string of the molecule is O=c1onc(-c2ccccc2Cl)n1CC1CNC2(CCC2)CO1. The molecule has 4 rings (SSSR count). The average Bonchev–Trinajstić information content (AvgIpc) is 2.88. The molecule has 2 heterocycles. The molecule has 1 saturated heterocycles. The van der Waals surface area contributed by atoms with Crippen LogP contribution in [0.2, 0.25) is 5.02 Å². The Morgan fingerprint density at radius 3 is 2.87 bits per heavy atom. The lowest BCUT2D eigenvalue weighted by molar-refractivity contribution is -0.0662. The third-order valence-electron chi connectivity index (χ3n) is 4.80. The van der Waals surface area contributed by atoms with E-state index in [0.717, 1.165) is 19.4 Å². The van der Waals surface area contributed by atoms with Crippen molar-refractivity contribution in [3.8, 4) is 11.4 Å². The molecule has 122 valence electrons. The zero-order chi connectivity index (χ0) is 15.9. The van der Waals surface area contributed by atoms with Gasteiger partial charge in [-0.3, -0.25) is 9.09 Å². The largest absolute Gasteiger partial charge is 0.441 e. The lowest BCUT2D eigenvalue weighted by atomic mass is 9.76. The van der Waals surface area contributed by atoms with Gasteiger partial charge in [-0.05, 0) is 31.4 Å². The topological polar surface area (TPSA) is 69.3 Å². The van der Waals surface area contributed by atoms with Crippen LogP contribution in [0.5, 0.6) is 0 Å². The Morgan fingerprint density at radius 1 is 1.39 bits per heavy atom. The predicted molar refractivity (Wildman–Crippen MR) is 85.5 cm³/mol. The van der Waals surface area contributed by atoms with E-state index in [9.17, 15) is 4.79 Å². The second-order valence-corrected chi connectivity index (χ2v) is 6.72. The molecular weight excluding hydrogens is 318 g/mol. The lowest BCUT2D eigenvalue weighted by Crippen LogP contribution is -2.61. The molecule has 0 amide bonds. The number of ether oxygens (including phenoxy) is 1. The predicted octanol–water partition coefficient (Wildman–Crippen LogP) is 2.07. The highest BCUT2D eigenvalue weighted by atomic mass is 35.5. The van der Waals surface area contributed by atoms with Crippen molar-refractivity contribution in [3.05, 3.63) is 39.8 Å². The Kier molecular flexibility index (Phi) is 3.75. The Balaban J connectivity index is 1.55. The molecule has 1 aromatic carbocycles. The molecule has 6 nitrogen and oxygen atoms in total. The summed E-state index contributed by atoms with van der Waals surface area (Å²) in [5, 5.41) is 7.98. The second-order valence-electron chi connectivity index (χ2n) is 6.31. The van der Waals surface area contributed by atoms with Gasteiger partial charge in [0.25, 0.3) is 0 Å². The van der Waals surface area contributed by atoms with Crippen LogP contribution < -0.4 is 11.1 Å². The first kappa shape index (κ1) is 14.9. The van der Waals surface area contributed by atoms with Gasteiger partial charge in [-0.2, -0.15) is 0 Å². The van der Waals surface area contributed by atoms with Gasteiger partial charge in [0, 0.05) is 17.6 Å². The van der Waals surface area contributed by atoms with Crippen LogP contribution in [0.15, 0.2) is 33.6 Å². The minimum Gasteiger partial charge on any atom is -0.373 e. The van der Waals surface area contributed by atoms with Gasteiger partial charge in [0.2, 0.25) is 0 Å². The molecular formula is C16H18ClN3O3. The maximum absolute atomic E-state index is 12.0. The van der Waals surface area contributed by atoms with Crippen LogP contribution in [0.3, 0.4) is 0 Å². The first-order chi connectivity index (χ1) is 11.2. The highest BCUT2D eigenvalue weighted by molar-refractivity contribution is 6.33. The smallest absolute Gasteiger partial charge is 0.373 e. The molecule has 0 bridgehead atoms. The van der Waals surface area contributed by atoms with Crippen LogP contribution in [-0.4, -0.2) is 34.5 Å². The van der Waals surface area contributed by atoms with E-state index in [1.807, 2.05) is 18.2 Å². The van der Waals surface area contributed by atoms with Crippen molar-refractivity contribution in [1.82, 2.24) is 15.0 Å². The number of morpholine rings is 1. The van der Waals surface area contributed by atoms with E-state index in [0.29, 0.717) is 29.6 Å². The van der Waals surface area contributed by atoms with Crippen LogP contribution in [0, 0.1) is 0 Å². The van der Waals surface area contributed by atoms with Gasteiger partial charge in [-0.1, -0.05) is 28.9 Å². The summed E-state index contributed by atoms with van der Waals surface area (Å²) in [6.45, 7) is 1.81. The number of nitrogens with zero attached hydrogens (tertiary/aromatic N) is 2. The first-order valence-corrected chi connectivity index (χ1v) is 8.23. The molecule has 1 aliphatic carbocycles. The fraction of sp³-hybridized carbons (Fsp3) is 0.500. The number of hydrogen-bond donors (Lipinski definition) is 1. The van der Waals surface area contributed by atoms with E-state index in [1.165, 1.54) is 11.0 Å². The first-order valence-electron chi connectivity index (χ1n) is 7.85. The van der Waals surface area contributed by atoms with Gasteiger partial charge in [-0.15, -0.1) is 0 Å². The maximum Gasteiger partial charge on any atom is 0.441 e. The van der Waals surface area contributed by atoms with Gasteiger partial charge >= 0.3 is 5.76 Å². The number of benzene rings is 1. The van der Waals surface area contributed by atoms with E-state index in [1.54, 1.807) is 6.07 Å². The molecule has 0 radical (unpaired) electrons. The monoisotopic (exact) mass is 335 g/mol. The second kappa shape index (κ2) is 5.78. The maximum atomic E-state index is 12.0. The summed E-state index contributed by atoms with van der Waals surface area (Å²) >= 11 is 6.21. The fourth-order valence-corrected chi connectivity index (χ4v) is 3.45. The molecule has 1 aliphatic heterocycles. The van der Waals surface area contributed by atoms with Crippen molar-refractivity contribution < 1.29 is 9.26 Å². The standard InChI is InChI=1S/C16H18ClN3O3/c17-13-5-2-1-4-12(13)14-19-23-15(21)20(14)9-11-8-18-16(10-22-11)6-3-7-16/h1-2,4-5,11,18H,3,6-10H2. The molecule has 1 atom stereocenters. The quantitative estimate of drug-likeness (QED) is 0.930. The van der Waals surface area contributed by atoms with Crippen molar-refractivity contribution in [1.29, 1.82) is 0 Å². The number of rotatable bonds is 3. The van der Waals surface area contributed by atoms with Crippen molar-refractivity contribution in [2.75, 3.05) is 13.2 Å². The molecule has 1 spiro atoms. The fourth-order valence-electron chi connectivity index (χ4n) is 3.23. The van der Waals surface area contributed by atoms with E-state index in [4.69, 9.17) is 20.9 Å².